The van der Waals surface area contributed by atoms with Gasteiger partial charge in [0.2, 0.25) is 0 Å². The molecule has 1 aromatic carbocycles. The van der Waals surface area contributed by atoms with E-state index in [-0.39, 0.29) is 23.5 Å². The van der Waals surface area contributed by atoms with Crippen molar-refractivity contribution in [1.82, 2.24) is 0 Å². The second-order valence-electron chi connectivity index (χ2n) is 4.16. The fourth-order valence-electron chi connectivity index (χ4n) is 2.02. The van der Waals surface area contributed by atoms with Crippen LogP contribution < -0.4 is 4.90 Å². The van der Waals surface area contributed by atoms with Crippen LogP contribution in [-0.2, 0) is 4.74 Å². The minimum Gasteiger partial charge on any atom is -0.378 e. The summed E-state index contributed by atoms with van der Waals surface area (Å²) in [5, 5.41) is 0. The van der Waals surface area contributed by atoms with Gasteiger partial charge in [0.25, 0.3) is 0 Å². The van der Waals surface area contributed by atoms with Crippen LogP contribution in [0.15, 0.2) is 12.1 Å². The highest BCUT2D eigenvalue weighted by Gasteiger charge is 2.21. The summed E-state index contributed by atoms with van der Waals surface area (Å²) in [4.78, 5) is 13.0. The zero-order chi connectivity index (χ0) is 15.1. The van der Waals surface area contributed by atoms with Crippen molar-refractivity contribution in [3.63, 3.8) is 0 Å². The molecule has 2 rings (SSSR count). The molecule has 3 nitrogen and oxygen atoms in total. The van der Waals surface area contributed by atoms with Gasteiger partial charge < -0.3 is 9.64 Å². The standard InChI is InChI=1S/C13H15F2NO2.C2H6/c1-2-12(17)9-7-10(14)13(11(15)8-9)16-3-5-18-6-4-16;1-2/h7-8H,2-6H2,1H3;1-2H3. The highest BCUT2D eigenvalue weighted by atomic mass is 19.1. The summed E-state index contributed by atoms with van der Waals surface area (Å²) in [6, 6.07) is 2.22. The fraction of sp³-hybridized carbons (Fsp3) is 0.533. The maximum Gasteiger partial charge on any atom is 0.162 e. The van der Waals surface area contributed by atoms with E-state index in [0.717, 1.165) is 12.1 Å². The molecule has 0 N–H and O–H groups in total. The molecule has 0 saturated carbocycles. The number of benzene rings is 1. The van der Waals surface area contributed by atoms with Crippen LogP contribution in [0.1, 0.15) is 37.6 Å². The molecule has 5 heteroatoms. The number of nitrogens with zero attached hydrogens (tertiary/aromatic N) is 1. The minimum atomic E-state index is -0.686. The predicted molar refractivity (Wildman–Crippen MR) is 75.4 cm³/mol. The predicted octanol–water partition coefficient (Wildman–Crippen LogP) is 3.42. The third-order valence-corrected chi connectivity index (χ3v) is 2.99. The third kappa shape index (κ3) is 3.76. The second kappa shape index (κ2) is 7.94. The number of Topliss-reactive ketones (excluding diaryl/α,β-unsaturated/α-hetero) is 1. The molecule has 1 fully saturated rings. The van der Waals surface area contributed by atoms with Gasteiger partial charge in [-0.2, -0.15) is 0 Å². The summed E-state index contributed by atoms with van der Waals surface area (Å²) in [6.07, 6.45) is 0.232. The summed E-state index contributed by atoms with van der Waals surface area (Å²) in [5.41, 5.74) is 0.0236. The van der Waals surface area contributed by atoms with Gasteiger partial charge in [-0.05, 0) is 12.1 Å². The van der Waals surface area contributed by atoms with Crippen molar-refractivity contribution in [2.75, 3.05) is 31.2 Å². The first-order chi connectivity index (χ1) is 9.63. The fourth-order valence-corrected chi connectivity index (χ4v) is 2.02. The van der Waals surface area contributed by atoms with Crippen LogP contribution in [-0.4, -0.2) is 32.1 Å². The summed E-state index contributed by atoms with van der Waals surface area (Å²) in [7, 11) is 0. The molecule has 0 amide bonds. The third-order valence-electron chi connectivity index (χ3n) is 2.99. The molecule has 0 atom stereocenters. The van der Waals surface area contributed by atoms with Gasteiger partial charge in [-0.3, -0.25) is 4.79 Å². The maximum atomic E-state index is 13.9. The smallest absolute Gasteiger partial charge is 0.162 e. The number of ketones is 1. The Morgan fingerprint density at radius 2 is 1.70 bits per heavy atom. The second-order valence-corrected chi connectivity index (χ2v) is 4.16. The van der Waals surface area contributed by atoms with Gasteiger partial charge >= 0.3 is 0 Å². The largest absolute Gasteiger partial charge is 0.378 e. The van der Waals surface area contributed by atoms with Gasteiger partial charge in [-0.25, -0.2) is 8.78 Å². The van der Waals surface area contributed by atoms with Crippen LogP contribution in [0.3, 0.4) is 0 Å². The Labute approximate surface area is 118 Å². The molecule has 0 spiro atoms. The van der Waals surface area contributed by atoms with Crippen molar-refractivity contribution in [2.24, 2.45) is 0 Å². The van der Waals surface area contributed by atoms with Crippen molar-refractivity contribution in [3.05, 3.63) is 29.3 Å². The van der Waals surface area contributed by atoms with Crippen molar-refractivity contribution < 1.29 is 18.3 Å². The lowest BCUT2D eigenvalue weighted by Gasteiger charge is -2.29. The average Bonchev–Trinajstić information content (AvgIpc) is 2.49. The molecule has 1 aliphatic heterocycles. The number of carbonyl (C=O) groups excluding carboxylic acids is 1. The Bertz CT molecular complexity index is 434. The number of ether oxygens (including phenoxy) is 1. The van der Waals surface area contributed by atoms with Crippen molar-refractivity contribution >= 4 is 11.5 Å². The van der Waals surface area contributed by atoms with Crippen LogP contribution in [0.2, 0.25) is 0 Å². The topological polar surface area (TPSA) is 29.5 Å². The van der Waals surface area contributed by atoms with Crippen molar-refractivity contribution in [2.45, 2.75) is 27.2 Å². The quantitative estimate of drug-likeness (QED) is 0.797. The Morgan fingerprint density at radius 1 is 1.20 bits per heavy atom. The highest BCUT2D eigenvalue weighted by Crippen LogP contribution is 2.26. The Kier molecular flexibility index (Phi) is 6.58. The van der Waals surface area contributed by atoms with E-state index >= 15 is 0 Å². The first-order valence-electron chi connectivity index (χ1n) is 6.98. The first kappa shape index (κ1) is 16.6. The summed E-state index contributed by atoms with van der Waals surface area (Å²) < 4.78 is 33.0. The lowest BCUT2D eigenvalue weighted by molar-refractivity contribution is 0.0987. The molecular formula is C15H21F2NO2. The van der Waals surface area contributed by atoms with Gasteiger partial charge in [-0.15, -0.1) is 0 Å². The van der Waals surface area contributed by atoms with Crippen LogP contribution >= 0.6 is 0 Å². The number of hydrogen-bond acceptors (Lipinski definition) is 3. The van der Waals surface area contributed by atoms with Crippen molar-refractivity contribution in [3.8, 4) is 0 Å². The Morgan fingerprint density at radius 3 is 2.15 bits per heavy atom. The highest BCUT2D eigenvalue weighted by molar-refractivity contribution is 5.96. The molecule has 0 aliphatic carbocycles. The van der Waals surface area contributed by atoms with Crippen LogP contribution in [0, 0.1) is 11.6 Å². The van der Waals surface area contributed by atoms with E-state index in [4.69, 9.17) is 4.74 Å². The molecule has 1 aliphatic rings. The molecule has 1 saturated heterocycles. The zero-order valence-electron chi connectivity index (χ0n) is 12.2. The maximum absolute atomic E-state index is 13.9. The number of rotatable bonds is 3. The van der Waals surface area contributed by atoms with E-state index in [1.54, 1.807) is 11.8 Å². The molecule has 112 valence electrons. The minimum absolute atomic E-state index is 0.0639. The van der Waals surface area contributed by atoms with E-state index in [0.29, 0.717) is 26.3 Å². The molecule has 1 aromatic rings. The van der Waals surface area contributed by atoms with E-state index in [9.17, 15) is 13.6 Å². The Hall–Kier alpha value is -1.49. The number of halogens is 2. The van der Waals surface area contributed by atoms with Crippen LogP contribution in [0.5, 0.6) is 0 Å². The molecular weight excluding hydrogens is 264 g/mol. The number of hydrogen-bond donors (Lipinski definition) is 0. The molecule has 0 aromatic heterocycles. The SMILES string of the molecule is CC.CCC(=O)c1cc(F)c(N2CCOCC2)c(F)c1. The first-order valence-corrected chi connectivity index (χ1v) is 6.98. The molecule has 0 unspecified atom stereocenters. The average molecular weight is 285 g/mol. The van der Waals surface area contributed by atoms with E-state index in [1.165, 1.54) is 0 Å². The van der Waals surface area contributed by atoms with Crippen LogP contribution in [0.25, 0.3) is 0 Å². The lowest BCUT2D eigenvalue weighted by atomic mass is 10.1. The van der Waals surface area contributed by atoms with Crippen LogP contribution in [0.4, 0.5) is 14.5 Å². The van der Waals surface area contributed by atoms with Gasteiger partial charge in [0.15, 0.2) is 5.78 Å². The zero-order valence-corrected chi connectivity index (χ0v) is 12.2. The lowest BCUT2D eigenvalue weighted by Crippen LogP contribution is -2.37. The van der Waals surface area contributed by atoms with Gasteiger partial charge in [0.1, 0.15) is 17.3 Å². The van der Waals surface area contributed by atoms with E-state index < -0.39 is 11.6 Å². The summed E-state index contributed by atoms with van der Waals surface area (Å²) in [6.45, 7) is 7.47. The summed E-state index contributed by atoms with van der Waals surface area (Å²) >= 11 is 0. The Balaban J connectivity index is 0.000000956. The summed E-state index contributed by atoms with van der Waals surface area (Å²) in [5.74, 6) is -1.64. The monoisotopic (exact) mass is 285 g/mol. The number of carbonyl (C=O) groups is 1. The molecule has 1 heterocycles. The van der Waals surface area contributed by atoms with Gasteiger partial charge in [0, 0.05) is 25.1 Å². The van der Waals surface area contributed by atoms with E-state index in [2.05, 4.69) is 0 Å². The van der Waals surface area contributed by atoms with Gasteiger partial charge in [-0.1, -0.05) is 20.8 Å². The van der Waals surface area contributed by atoms with E-state index in [1.807, 2.05) is 13.8 Å². The van der Waals surface area contributed by atoms with Crippen molar-refractivity contribution in [1.29, 1.82) is 0 Å². The number of morpholine rings is 1. The van der Waals surface area contributed by atoms with Gasteiger partial charge in [0.05, 0.1) is 13.2 Å². The molecule has 0 bridgehead atoms. The number of anilines is 1. The normalized spacial score (nSPS) is 14.6. The molecule has 0 radical (unpaired) electrons. The molecule has 20 heavy (non-hydrogen) atoms.